The number of hydrogen-bond donors (Lipinski definition) is 1. The predicted octanol–water partition coefficient (Wildman–Crippen LogP) is 3.03. The molecular weight excluding hydrogens is 264 g/mol. The van der Waals surface area contributed by atoms with Gasteiger partial charge < -0.3 is 15.0 Å². The largest absolute Gasteiger partial charge is 0.383 e. The molecule has 1 heterocycles. The van der Waals surface area contributed by atoms with E-state index >= 15 is 0 Å². The standard InChI is InChI=1S/C16H30N4O/c1-7-9-14-18-15(17-10-8-2)13(4)16(19-14)20(5)12(3)11-21-6/h12H,7-11H2,1-6H3,(H,17,18,19). The van der Waals surface area contributed by atoms with E-state index in [4.69, 9.17) is 9.72 Å². The van der Waals surface area contributed by atoms with Crippen LogP contribution >= 0.6 is 0 Å². The maximum atomic E-state index is 5.26. The third kappa shape index (κ3) is 4.84. The Balaban J connectivity index is 3.12. The molecule has 0 saturated heterocycles. The summed E-state index contributed by atoms with van der Waals surface area (Å²) in [5.41, 5.74) is 1.11. The normalized spacial score (nSPS) is 12.3. The maximum Gasteiger partial charge on any atom is 0.137 e. The molecular formula is C16H30N4O. The highest BCUT2D eigenvalue weighted by Gasteiger charge is 2.17. The highest BCUT2D eigenvalue weighted by Crippen LogP contribution is 2.24. The third-order valence-electron chi connectivity index (χ3n) is 3.59. The van der Waals surface area contributed by atoms with Gasteiger partial charge in [0.15, 0.2) is 0 Å². The summed E-state index contributed by atoms with van der Waals surface area (Å²) in [6, 6.07) is 0.275. The zero-order valence-corrected chi connectivity index (χ0v) is 14.4. The van der Waals surface area contributed by atoms with E-state index in [2.05, 4.69) is 49.9 Å². The van der Waals surface area contributed by atoms with Gasteiger partial charge in [-0.1, -0.05) is 13.8 Å². The Morgan fingerprint density at radius 3 is 2.52 bits per heavy atom. The van der Waals surface area contributed by atoms with E-state index < -0.39 is 0 Å². The van der Waals surface area contributed by atoms with Gasteiger partial charge in [-0.05, 0) is 26.7 Å². The van der Waals surface area contributed by atoms with Crippen LogP contribution in [0.2, 0.25) is 0 Å². The van der Waals surface area contributed by atoms with Crippen molar-refractivity contribution in [2.45, 2.75) is 53.0 Å². The number of aryl methyl sites for hydroxylation is 1. The molecule has 5 nitrogen and oxygen atoms in total. The molecule has 1 atom stereocenters. The molecule has 1 aromatic heterocycles. The molecule has 1 unspecified atom stereocenters. The van der Waals surface area contributed by atoms with Crippen molar-refractivity contribution in [1.82, 2.24) is 9.97 Å². The Labute approximate surface area is 129 Å². The van der Waals surface area contributed by atoms with Crippen molar-refractivity contribution in [2.75, 3.05) is 37.5 Å². The van der Waals surface area contributed by atoms with Crippen LogP contribution in [0.4, 0.5) is 11.6 Å². The molecule has 1 rings (SSSR count). The zero-order valence-electron chi connectivity index (χ0n) is 14.4. The summed E-state index contributed by atoms with van der Waals surface area (Å²) >= 11 is 0. The molecule has 0 aliphatic carbocycles. The summed E-state index contributed by atoms with van der Waals surface area (Å²) in [4.78, 5) is 11.6. The number of likely N-dealkylation sites (N-methyl/N-ethyl adjacent to an activating group) is 1. The van der Waals surface area contributed by atoms with Crippen molar-refractivity contribution < 1.29 is 4.74 Å². The average Bonchev–Trinajstić information content (AvgIpc) is 2.47. The monoisotopic (exact) mass is 294 g/mol. The molecule has 0 radical (unpaired) electrons. The van der Waals surface area contributed by atoms with Gasteiger partial charge in [0.2, 0.25) is 0 Å². The van der Waals surface area contributed by atoms with Crippen molar-refractivity contribution in [1.29, 1.82) is 0 Å². The van der Waals surface area contributed by atoms with Gasteiger partial charge in [-0.2, -0.15) is 0 Å². The Morgan fingerprint density at radius 1 is 1.24 bits per heavy atom. The second kappa shape index (κ2) is 8.82. The smallest absolute Gasteiger partial charge is 0.137 e. The quantitative estimate of drug-likeness (QED) is 0.758. The molecule has 1 N–H and O–H groups in total. The minimum atomic E-state index is 0.275. The third-order valence-corrected chi connectivity index (χ3v) is 3.59. The minimum absolute atomic E-state index is 0.275. The van der Waals surface area contributed by atoms with Crippen LogP contribution in [0, 0.1) is 6.92 Å². The average molecular weight is 294 g/mol. The predicted molar refractivity (Wildman–Crippen MR) is 89.3 cm³/mol. The first-order valence-corrected chi connectivity index (χ1v) is 7.88. The van der Waals surface area contributed by atoms with Crippen LogP contribution in [-0.4, -0.2) is 43.3 Å². The number of methoxy groups -OCH3 is 1. The molecule has 0 aliphatic heterocycles. The fourth-order valence-electron chi connectivity index (χ4n) is 2.21. The van der Waals surface area contributed by atoms with Crippen LogP contribution in [0.3, 0.4) is 0 Å². The lowest BCUT2D eigenvalue weighted by Gasteiger charge is -2.28. The maximum absolute atomic E-state index is 5.26. The van der Waals surface area contributed by atoms with Crippen LogP contribution in [0.5, 0.6) is 0 Å². The summed E-state index contributed by atoms with van der Waals surface area (Å²) in [6.45, 7) is 10.1. The summed E-state index contributed by atoms with van der Waals surface area (Å²) in [5, 5.41) is 3.42. The highest BCUT2D eigenvalue weighted by molar-refractivity contribution is 5.58. The van der Waals surface area contributed by atoms with E-state index in [0.717, 1.165) is 48.8 Å². The lowest BCUT2D eigenvalue weighted by atomic mass is 10.2. The topological polar surface area (TPSA) is 50.3 Å². The van der Waals surface area contributed by atoms with Crippen LogP contribution in [-0.2, 0) is 11.2 Å². The lowest BCUT2D eigenvalue weighted by Crippen LogP contribution is -2.34. The van der Waals surface area contributed by atoms with Gasteiger partial charge >= 0.3 is 0 Å². The van der Waals surface area contributed by atoms with E-state index in [9.17, 15) is 0 Å². The number of ether oxygens (including phenoxy) is 1. The highest BCUT2D eigenvalue weighted by atomic mass is 16.5. The second-order valence-electron chi connectivity index (χ2n) is 5.53. The molecule has 120 valence electrons. The van der Waals surface area contributed by atoms with Crippen LogP contribution in [0.25, 0.3) is 0 Å². The number of nitrogens with one attached hydrogen (secondary N) is 1. The number of hydrogen-bond acceptors (Lipinski definition) is 5. The summed E-state index contributed by atoms with van der Waals surface area (Å²) in [5.74, 6) is 2.87. The molecule has 0 amide bonds. The van der Waals surface area contributed by atoms with Crippen molar-refractivity contribution in [3.8, 4) is 0 Å². The number of nitrogens with zero attached hydrogens (tertiary/aromatic N) is 3. The Bertz CT molecular complexity index is 437. The first kappa shape index (κ1) is 17.7. The van der Waals surface area contributed by atoms with Gasteiger partial charge in [-0.3, -0.25) is 0 Å². The number of aromatic nitrogens is 2. The van der Waals surface area contributed by atoms with E-state index in [-0.39, 0.29) is 6.04 Å². The van der Waals surface area contributed by atoms with Crippen molar-refractivity contribution in [2.24, 2.45) is 0 Å². The van der Waals surface area contributed by atoms with Crippen LogP contribution < -0.4 is 10.2 Å². The van der Waals surface area contributed by atoms with E-state index in [1.807, 2.05) is 0 Å². The number of anilines is 2. The fraction of sp³-hybridized carbons (Fsp3) is 0.750. The Kier molecular flexibility index (Phi) is 7.43. The van der Waals surface area contributed by atoms with E-state index in [1.165, 1.54) is 0 Å². The minimum Gasteiger partial charge on any atom is -0.383 e. The SMILES string of the molecule is CCCNc1nc(CCC)nc(N(C)C(C)COC)c1C. The van der Waals surface area contributed by atoms with Gasteiger partial charge in [0.25, 0.3) is 0 Å². The molecule has 0 fully saturated rings. The molecule has 21 heavy (non-hydrogen) atoms. The first-order valence-electron chi connectivity index (χ1n) is 7.88. The van der Waals surface area contributed by atoms with Crippen molar-refractivity contribution in [3.63, 3.8) is 0 Å². The molecule has 0 spiro atoms. The molecule has 0 bridgehead atoms. The Morgan fingerprint density at radius 2 is 1.95 bits per heavy atom. The first-order chi connectivity index (χ1) is 10.0. The van der Waals surface area contributed by atoms with Gasteiger partial charge in [0.1, 0.15) is 17.5 Å². The van der Waals surface area contributed by atoms with E-state index in [1.54, 1.807) is 7.11 Å². The van der Waals surface area contributed by atoms with Crippen molar-refractivity contribution in [3.05, 3.63) is 11.4 Å². The lowest BCUT2D eigenvalue weighted by molar-refractivity contribution is 0.183. The zero-order chi connectivity index (χ0) is 15.8. The molecule has 5 heteroatoms. The summed E-state index contributed by atoms with van der Waals surface area (Å²) in [6.07, 6.45) is 3.03. The van der Waals surface area contributed by atoms with Gasteiger partial charge in [0.05, 0.1) is 12.6 Å². The second-order valence-corrected chi connectivity index (χ2v) is 5.53. The van der Waals surface area contributed by atoms with E-state index in [0.29, 0.717) is 6.61 Å². The fourth-order valence-corrected chi connectivity index (χ4v) is 2.21. The van der Waals surface area contributed by atoms with Gasteiger partial charge in [0, 0.05) is 32.7 Å². The van der Waals surface area contributed by atoms with Crippen LogP contribution in [0.1, 0.15) is 45.0 Å². The molecule has 1 aromatic rings. The Hall–Kier alpha value is -1.36. The van der Waals surface area contributed by atoms with Gasteiger partial charge in [-0.15, -0.1) is 0 Å². The van der Waals surface area contributed by atoms with Gasteiger partial charge in [-0.25, -0.2) is 9.97 Å². The summed E-state index contributed by atoms with van der Waals surface area (Å²) in [7, 11) is 3.80. The molecule has 0 saturated carbocycles. The van der Waals surface area contributed by atoms with Crippen LogP contribution in [0.15, 0.2) is 0 Å². The summed E-state index contributed by atoms with van der Waals surface area (Å²) < 4.78 is 5.26. The molecule has 0 aliphatic rings. The number of rotatable bonds is 9. The molecule has 0 aromatic carbocycles. The van der Waals surface area contributed by atoms with Crippen molar-refractivity contribution >= 4 is 11.6 Å².